The van der Waals surface area contributed by atoms with E-state index in [9.17, 15) is 9.59 Å². The van der Waals surface area contributed by atoms with E-state index in [1.807, 2.05) is 49.9 Å². The van der Waals surface area contributed by atoms with Gasteiger partial charge in [-0.25, -0.2) is 4.79 Å². The first-order valence-electron chi connectivity index (χ1n) is 9.91. The summed E-state index contributed by atoms with van der Waals surface area (Å²) in [7, 11) is 0. The van der Waals surface area contributed by atoms with Crippen LogP contribution in [0.3, 0.4) is 0 Å². The normalized spacial score (nSPS) is 21.1. The summed E-state index contributed by atoms with van der Waals surface area (Å²) >= 11 is 4.31. The highest BCUT2D eigenvalue weighted by atomic mass is 32.1. The number of ether oxygens (including phenoxy) is 2. The van der Waals surface area contributed by atoms with E-state index in [0.717, 1.165) is 36.6 Å². The highest BCUT2D eigenvalue weighted by molar-refractivity contribution is 7.80. The second kappa shape index (κ2) is 8.64. The SMILES string of the molecule is CC(C)(C)OC(=O)N1CCC(Oc2ccc(N3CC(CS)CC3=O)cc2)CC1. The number of thiol groups is 1. The molecule has 2 fully saturated rings. The van der Waals surface area contributed by atoms with E-state index in [4.69, 9.17) is 9.47 Å². The predicted octanol–water partition coefficient (Wildman–Crippen LogP) is 3.75. The fraction of sp³-hybridized carbons (Fsp3) is 0.619. The molecule has 0 bridgehead atoms. The summed E-state index contributed by atoms with van der Waals surface area (Å²) in [4.78, 5) is 27.8. The minimum absolute atomic E-state index is 0.0755. The van der Waals surface area contributed by atoms with Crippen molar-refractivity contribution in [2.45, 2.75) is 51.7 Å². The lowest BCUT2D eigenvalue weighted by molar-refractivity contribution is -0.117. The Balaban J connectivity index is 1.49. The minimum atomic E-state index is -0.476. The molecule has 2 aliphatic heterocycles. The highest BCUT2D eigenvalue weighted by Gasteiger charge is 2.30. The summed E-state index contributed by atoms with van der Waals surface area (Å²) in [5.41, 5.74) is 0.428. The Labute approximate surface area is 172 Å². The number of nitrogens with zero attached hydrogens (tertiary/aromatic N) is 2. The molecule has 0 N–H and O–H groups in total. The Morgan fingerprint density at radius 1 is 1.18 bits per heavy atom. The summed E-state index contributed by atoms with van der Waals surface area (Å²) in [6.45, 7) is 7.61. The van der Waals surface area contributed by atoms with Crippen molar-refractivity contribution in [3.05, 3.63) is 24.3 Å². The highest BCUT2D eigenvalue weighted by Crippen LogP contribution is 2.28. The van der Waals surface area contributed by atoms with Gasteiger partial charge in [0.05, 0.1) is 0 Å². The number of likely N-dealkylation sites (tertiary alicyclic amines) is 1. The molecule has 28 heavy (non-hydrogen) atoms. The van der Waals surface area contributed by atoms with Crippen LogP contribution in [-0.4, -0.2) is 54.0 Å². The largest absolute Gasteiger partial charge is 0.490 e. The molecule has 1 unspecified atom stereocenters. The average molecular weight is 407 g/mol. The van der Waals surface area contributed by atoms with Gasteiger partial charge in [0.25, 0.3) is 0 Å². The molecule has 2 amide bonds. The van der Waals surface area contributed by atoms with E-state index >= 15 is 0 Å². The van der Waals surface area contributed by atoms with Crippen molar-refractivity contribution in [3.63, 3.8) is 0 Å². The average Bonchev–Trinajstić information content (AvgIpc) is 3.02. The lowest BCUT2D eigenvalue weighted by Gasteiger charge is -2.33. The molecule has 0 spiro atoms. The number of piperidine rings is 1. The van der Waals surface area contributed by atoms with Gasteiger partial charge in [0.2, 0.25) is 5.91 Å². The van der Waals surface area contributed by atoms with E-state index in [1.165, 1.54) is 0 Å². The number of amides is 2. The maximum atomic E-state index is 12.1. The summed E-state index contributed by atoms with van der Waals surface area (Å²) in [6, 6.07) is 7.70. The summed E-state index contributed by atoms with van der Waals surface area (Å²) in [5, 5.41) is 0. The maximum Gasteiger partial charge on any atom is 0.410 e. The third kappa shape index (κ3) is 5.34. The van der Waals surface area contributed by atoms with E-state index in [1.54, 1.807) is 4.90 Å². The lowest BCUT2D eigenvalue weighted by atomic mass is 10.1. The van der Waals surface area contributed by atoms with Crippen LogP contribution in [0.4, 0.5) is 10.5 Å². The lowest BCUT2D eigenvalue weighted by Crippen LogP contribution is -2.44. The van der Waals surface area contributed by atoms with Crippen molar-refractivity contribution in [1.29, 1.82) is 0 Å². The molecule has 6 nitrogen and oxygen atoms in total. The Bertz CT molecular complexity index is 693. The Morgan fingerprint density at radius 3 is 2.36 bits per heavy atom. The van der Waals surface area contributed by atoms with Crippen LogP contribution in [0.1, 0.15) is 40.0 Å². The molecule has 3 rings (SSSR count). The van der Waals surface area contributed by atoms with Gasteiger partial charge in [0, 0.05) is 44.6 Å². The van der Waals surface area contributed by atoms with E-state index in [2.05, 4.69) is 12.6 Å². The zero-order valence-electron chi connectivity index (χ0n) is 16.9. The van der Waals surface area contributed by atoms with E-state index in [0.29, 0.717) is 25.4 Å². The number of hydrogen-bond acceptors (Lipinski definition) is 5. The van der Waals surface area contributed by atoms with E-state index < -0.39 is 5.60 Å². The number of rotatable bonds is 4. The van der Waals surface area contributed by atoms with Gasteiger partial charge in [-0.2, -0.15) is 12.6 Å². The smallest absolute Gasteiger partial charge is 0.410 e. The first-order chi connectivity index (χ1) is 13.2. The monoisotopic (exact) mass is 406 g/mol. The molecule has 7 heteroatoms. The Hall–Kier alpha value is -1.89. The molecular formula is C21H30N2O4S. The van der Waals surface area contributed by atoms with Gasteiger partial charge in [-0.1, -0.05) is 0 Å². The Kier molecular flexibility index (Phi) is 6.43. The molecule has 1 aromatic carbocycles. The molecule has 2 heterocycles. The van der Waals surface area contributed by atoms with Crippen LogP contribution in [0.25, 0.3) is 0 Å². The standard InChI is InChI=1S/C21H30N2O4S/c1-21(2,3)27-20(25)22-10-8-18(9-11-22)26-17-6-4-16(5-7-17)23-13-15(14-28)12-19(23)24/h4-7,15,18,28H,8-14H2,1-3H3. The summed E-state index contributed by atoms with van der Waals surface area (Å²) in [5.74, 6) is 1.99. The van der Waals surface area contributed by atoms with Crippen LogP contribution in [0.2, 0.25) is 0 Å². The zero-order valence-corrected chi connectivity index (χ0v) is 17.8. The van der Waals surface area contributed by atoms with Crippen molar-refractivity contribution >= 4 is 30.3 Å². The molecule has 154 valence electrons. The van der Waals surface area contributed by atoms with Crippen LogP contribution in [0.15, 0.2) is 24.3 Å². The third-order valence-electron chi connectivity index (χ3n) is 5.01. The second-order valence-corrected chi connectivity index (χ2v) is 8.90. The number of benzene rings is 1. The van der Waals surface area contributed by atoms with Crippen molar-refractivity contribution in [3.8, 4) is 5.75 Å². The maximum absolute atomic E-state index is 12.1. The third-order valence-corrected chi connectivity index (χ3v) is 5.52. The zero-order chi connectivity index (χ0) is 20.3. The van der Waals surface area contributed by atoms with Gasteiger partial charge in [0.1, 0.15) is 17.5 Å². The minimum Gasteiger partial charge on any atom is -0.490 e. The topological polar surface area (TPSA) is 59.1 Å². The molecule has 1 aromatic rings. The molecule has 0 aromatic heterocycles. The number of carbonyl (C=O) groups excluding carboxylic acids is 2. The summed E-state index contributed by atoms with van der Waals surface area (Å²) < 4.78 is 11.5. The fourth-order valence-corrected chi connectivity index (χ4v) is 3.78. The van der Waals surface area contributed by atoms with Gasteiger partial charge in [-0.05, 0) is 56.7 Å². The predicted molar refractivity (Wildman–Crippen MR) is 112 cm³/mol. The molecule has 0 aliphatic carbocycles. The molecule has 2 saturated heterocycles. The number of anilines is 1. The second-order valence-electron chi connectivity index (χ2n) is 8.54. The van der Waals surface area contributed by atoms with Gasteiger partial charge >= 0.3 is 6.09 Å². The van der Waals surface area contributed by atoms with Crippen LogP contribution >= 0.6 is 12.6 Å². The van der Waals surface area contributed by atoms with Gasteiger partial charge < -0.3 is 19.3 Å². The van der Waals surface area contributed by atoms with Crippen molar-refractivity contribution < 1.29 is 19.1 Å². The molecule has 0 radical (unpaired) electrons. The number of carbonyl (C=O) groups is 2. The summed E-state index contributed by atoms with van der Waals surface area (Å²) in [6.07, 6.45) is 1.93. The number of hydrogen-bond donors (Lipinski definition) is 1. The molecule has 2 aliphatic rings. The van der Waals surface area contributed by atoms with Crippen LogP contribution < -0.4 is 9.64 Å². The van der Waals surface area contributed by atoms with Gasteiger partial charge in [-0.15, -0.1) is 0 Å². The first-order valence-corrected chi connectivity index (χ1v) is 10.5. The first kappa shape index (κ1) is 20.8. The van der Waals surface area contributed by atoms with Gasteiger partial charge in [-0.3, -0.25) is 4.79 Å². The molecular weight excluding hydrogens is 376 g/mol. The van der Waals surface area contributed by atoms with Crippen LogP contribution in [0, 0.1) is 5.92 Å². The van der Waals surface area contributed by atoms with Crippen molar-refractivity contribution in [1.82, 2.24) is 4.90 Å². The van der Waals surface area contributed by atoms with Gasteiger partial charge in [0.15, 0.2) is 0 Å². The van der Waals surface area contributed by atoms with Crippen molar-refractivity contribution in [2.24, 2.45) is 5.92 Å². The molecule has 1 atom stereocenters. The Morgan fingerprint density at radius 2 is 1.82 bits per heavy atom. The molecule has 0 saturated carbocycles. The fourth-order valence-electron chi connectivity index (χ4n) is 3.53. The quantitative estimate of drug-likeness (QED) is 0.774. The van der Waals surface area contributed by atoms with E-state index in [-0.39, 0.29) is 18.1 Å². The van der Waals surface area contributed by atoms with Crippen LogP contribution in [-0.2, 0) is 9.53 Å². The van der Waals surface area contributed by atoms with Crippen molar-refractivity contribution in [2.75, 3.05) is 30.3 Å². The van der Waals surface area contributed by atoms with Crippen LogP contribution in [0.5, 0.6) is 5.75 Å².